The van der Waals surface area contributed by atoms with Crippen molar-refractivity contribution in [1.82, 2.24) is 9.21 Å². The van der Waals surface area contributed by atoms with Crippen molar-refractivity contribution in [2.24, 2.45) is 5.92 Å². The third kappa shape index (κ3) is 4.36. The Labute approximate surface area is 145 Å². The molecular weight excluding hydrogens is 324 g/mol. The quantitative estimate of drug-likeness (QED) is 0.888. The summed E-state index contributed by atoms with van der Waals surface area (Å²) in [5.74, 6) is 0.319. The van der Waals surface area contributed by atoms with E-state index in [9.17, 15) is 13.5 Å². The van der Waals surface area contributed by atoms with Gasteiger partial charge in [-0.1, -0.05) is 30.3 Å². The number of benzene rings is 1. The largest absolute Gasteiger partial charge is 0.391 e. The Hall–Kier alpha value is -0.950. The number of β-amino-alcohol motifs (C(OH)–C–C–N with tert-alkyl or cyclic N) is 1. The number of rotatable bonds is 4. The maximum absolute atomic E-state index is 11.6. The second-order valence-electron chi connectivity index (χ2n) is 7.19. The number of piperidine rings is 2. The number of aliphatic hydroxyl groups is 1. The number of nitrogens with zero attached hydrogens (tertiary/aromatic N) is 2. The highest BCUT2D eigenvalue weighted by atomic mass is 32.2. The summed E-state index contributed by atoms with van der Waals surface area (Å²) in [6.45, 7) is 2.91. The number of sulfonamides is 1. The van der Waals surface area contributed by atoms with Gasteiger partial charge in [-0.25, -0.2) is 12.7 Å². The SMILES string of the molecule is CS(=O)(=O)N1CCC(N2CC[C@H](Cc3ccccc3)[C@H](O)C2)CC1. The highest BCUT2D eigenvalue weighted by Gasteiger charge is 2.34. The first kappa shape index (κ1) is 17.9. The van der Waals surface area contributed by atoms with E-state index in [1.54, 1.807) is 4.31 Å². The van der Waals surface area contributed by atoms with Crippen LogP contribution in [0.5, 0.6) is 0 Å². The first-order valence-corrected chi connectivity index (χ1v) is 10.7. The maximum atomic E-state index is 11.6. The average Bonchev–Trinajstić information content (AvgIpc) is 2.57. The van der Waals surface area contributed by atoms with Crippen LogP contribution in [0.4, 0.5) is 0 Å². The highest BCUT2D eigenvalue weighted by molar-refractivity contribution is 7.88. The Morgan fingerprint density at radius 3 is 2.33 bits per heavy atom. The van der Waals surface area contributed by atoms with Crippen LogP contribution in [0.15, 0.2) is 30.3 Å². The van der Waals surface area contributed by atoms with E-state index in [1.807, 2.05) is 18.2 Å². The molecule has 0 radical (unpaired) electrons. The van der Waals surface area contributed by atoms with Gasteiger partial charge < -0.3 is 5.11 Å². The molecule has 0 amide bonds. The standard InChI is InChI=1S/C18H28N2O3S/c1-24(22,23)20-11-8-17(9-12-20)19-10-7-16(18(21)14-19)13-15-5-3-2-4-6-15/h2-6,16-18,21H,7-14H2,1H3/t16-,18-/m1/s1. The van der Waals surface area contributed by atoms with Gasteiger partial charge in [-0.15, -0.1) is 0 Å². The summed E-state index contributed by atoms with van der Waals surface area (Å²) in [4.78, 5) is 2.37. The first-order chi connectivity index (χ1) is 11.4. The molecule has 2 saturated heterocycles. The monoisotopic (exact) mass is 352 g/mol. The predicted octanol–water partition coefficient (Wildman–Crippen LogP) is 1.34. The fraction of sp³-hybridized carbons (Fsp3) is 0.667. The molecule has 1 aromatic rings. The number of hydrogen-bond donors (Lipinski definition) is 1. The number of likely N-dealkylation sites (tertiary alicyclic amines) is 1. The molecule has 0 spiro atoms. The van der Waals surface area contributed by atoms with Crippen molar-refractivity contribution in [3.63, 3.8) is 0 Å². The summed E-state index contributed by atoms with van der Waals surface area (Å²) in [5, 5.41) is 10.6. The van der Waals surface area contributed by atoms with Crippen molar-refractivity contribution in [1.29, 1.82) is 0 Å². The molecule has 2 atom stereocenters. The second kappa shape index (κ2) is 7.52. The van der Waals surface area contributed by atoms with E-state index in [0.717, 1.165) is 32.2 Å². The minimum absolute atomic E-state index is 0.299. The molecule has 5 nitrogen and oxygen atoms in total. The van der Waals surface area contributed by atoms with Crippen molar-refractivity contribution < 1.29 is 13.5 Å². The van der Waals surface area contributed by atoms with Gasteiger partial charge in [0.05, 0.1) is 12.4 Å². The fourth-order valence-corrected chi connectivity index (χ4v) is 4.90. The molecule has 2 aliphatic heterocycles. The lowest BCUT2D eigenvalue weighted by Crippen LogP contribution is -2.52. The molecule has 0 bridgehead atoms. The minimum Gasteiger partial charge on any atom is -0.391 e. The summed E-state index contributed by atoms with van der Waals surface area (Å²) >= 11 is 0. The first-order valence-electron chi connectivity index (χ1n) is 8.84. The summed E-state index contributed by atoms with van der Waals surface area (Å²) < 4.78 is 24.8. The van der Waals surface area contributed by atoms with E-state index < -0.39 is 10.0 Å². The van der Waals surface area contributed by atoms with Crippen molar-refractivity contribution in [2.45, 2.75) is 37.8 Å². The summed E-state index contributed by atoms with van der Waals surface area (Å²) in [6, 6.07) is 10.8. The molecule has 2 aliphatic rings. The minimum atomic E-state index is -3.07. The van der Waals surface area contributed by atoms with Crippen LogP contribution in [0.25, 0.3) is 0 Å². The molecule has 3 rings (SSSR count). The molecule has 2 heterocycles. The van der Waals surface area contributed by atoms with E-state index in [-0.39, 0.29) is 6.10 Å². The molecule has 0 saturated carbocycles. The molecular formula is C18H28N2O3S. The molecule has 0 unspecified atom stereocenters. The smallest absolute Gasteiger partial charge is 0.211 e. The van der Waals surface area contributed by atoms with Gasteiger partial charge >= 0.3 is 0 Å². The van der Waals surface area contributed by atoms with Gasteiger partial charge in [0.25, 0.3) is 0 Å². The second-order valence-corrected chi connectivity index (χ2v) is 9.18. The molecule has 2 fully saturated rings. The predicted molar refractivity (Wildman–Crippen MR) is 95.3 cm³/mol. The number of aliphatic hydroxyl groups excluding tert-OH is 1. The van der Waals surface area contributed by atoms with E-state index in [2.05, 4.69) is 17.0 Å². The summed E-state index contributed by atoms with van der Waals surface area (Å²) in [6.07, 6.45) is 4.65. The highest BCUT2D eigenvalue weighted by Crippen LogP contribution is 2.27. The Bertz CT molecular complexity index is 627. The lowest BCUT2D eigenvalue weighted by Gasteiger charge is -2.43. The number of hydrogen-bond acceptors (Lipinski definition) is 4. The van der Waals surface area contributed by atoms with Crippen molar-refractivity contribution in [3.05, 3.63) is 35.9 Å². The Kier molecular flexibility index (Phi) is 5.59. The van der Waals surface area contributed by atoms with Gasteiger partial charge in [-0.2, -0.15) is 0 Å². The Morgan fingerprint density at radius 2 is 1.75 bits per heavy atom. The molecule has 1 N–H and O–H groups in total. The van der Waals surface area contributed by atoms with E-state index in [4.69, 9.17) is 0 Å². The van der Waals surface area contributed by atoms with Gasteiger partial charge in [0.1, 0.15) is 0 Å². The lowest BCUT2D eigenvalue weighted by atomic mass is 9.86. The van der Waals surface area contributed by atoms with Crippen LogP contribution in [0.1, 0.15) is 24.8 Å². The van der Waals surface area contributed by atoms with Crippen LogP contribution in [-0.2, 0) is 16.4 Å². The summed E-state index contributed by atoms with van der Waals surface area (Å²) in [7, 11) is -3.07. The zero-order valence-corrected chi connectivity index (χ0v) is 15.2. The van der Waals surface area contributed by atoms with Gasteiger partial charge in [-0.05, 0) is 43.7 Å². The topological polar surface area (TPSA) is 60.9 Å². The van der Waals surface area contributed by atoms with Crippen molar-refractivity contribution in [2.75, 3.05) is 32.4 Å². The van der Waals surface area contributed by atoms with Crippen LogP contribution >= 0.6 is 0 Å². The molecule has 0 aromatic heterocycles. The Balaban J connectivity index is 1.51. The van der Waals surface area contributed by atoms with Crippen LogP contribution in [0, 0.1) is 5.92 Å². The molecule has 0 aliphatic carbocycles. The Morgan fingerprint density at radius 1 is 1.08 bits per heavy atom. The fourth-order valence-electron chi connectivity index (χ4n) is 4.03. The zero-order valence-electron chi connectivity index (χ0n) is 14.3. The van der Waals surface area contributed by atoms with E-state index in [0.29, 0.717) is 31.6 Å². The van der Waals surface area contributed by atoms with Crippen LogP contribution < -0.4 is 0 Å². The summed E-state index contributed by atoms with van der Waals surface area (Å²) in [5.41, 5.74) is 1.29. The molecule has 6 heteroatoms. The van der Waals surface area contributed by atoms with Crippen LogP contribution in [-0.4, -0.2) is 67.3 Å². The van der Waals surface area contributed by atoms with E-state index in [1.165, 1.54) is 11.8 Å². The zero-order chi connectivity index (χ0) is 17.2. The lowest BCUT2D eigenvalue weighted by molar-refractivity contribution is -0.00527. The van der Waals surface area contributed by atoms with Gasteiger partial charge in [0.2, 0.25) is 10.0 Å². The van der Waals surface area contributed by atoms with Gasteiger partial charge in [0, 0.05) is 25.7 Å². The van der Waals surface area contributed by atoms with Crippen LogP contribution in [0.2, 0.25) is 0 Å². The maximum Gasteiger partial charge on any atom is 0.211 e. The molecule has 24 heavy (non-hydrogen) atoms. The molecule has 134 valence electrons. The van der Waals surface area contributed by atoms with E-state index >= 15 is 0 Å². The molecule has 1 aromatic carbocycles. The van der Waals surface area contributed by atoms with Crippen LogP contribution in [0.3, 0.4) is 0 Å². The third-order valence-electron chi connectivity index (χ3n) is 5.50. The van der Waals surface area contributed by atoms with Gasteiger partial charge in [0.15, 0.2) is 0 Å². The third-order valence-corrected chi connectivity index (χ3v) is 6.81. The van der Waals surface area contributed by atoms with Crippen molar-refractivity contribution in [3.8, 4) is 0 Å². The normalized spacial score (nSPS) is 28.1. The van der Waals surface area contributed by atoms with Gasteiger partial charge in [-0.3, -0.25) is 4.90 Å². The van der Waals surface area contributed by atoms with Crippen molar-refractivity contribution >= 4 is 10.0 Å². The average molecular weight is 353 g/mol.